The van der Waals surface area contributed by atoms with Gasteiger partial charge in [0.25, 0.3) is 0 Å². The zero-order valence-corrected chi connectivity index (χ0v) is 11.9. The van der Waals surface area contributed by atoms with Gasteiger partial charge in [0, 0.05) is 11.4 Å². The SMILES string of the molecule is CC1(C(=O)O)C=CC(Oc2ccc(Cl)cc2)=C(C(=O)O)C1. The topological polar surface area (TPSA) is 83.8 Å². The van der Waals surface area contributed by atoms with Crippen molar-refractivity contribution in [1.29, 1.82) is 0 Å². The lowest BCUT2D eigenvalue weighted by molar-refractivity contribution is -0.145. The van der Waals surface area contributed by atoms with Crippen LogP contribution < -0.4 is 4.74 Å². The van der Waals surface area contributed by atoms with Crippen molar-refractivity contribution in [2.75, 3.05) is 0 Å². The lowest BCUT2D eigenvalue weighted by Gasteiger charge is -2.26. The predicted octanol–water partition coefficient (Wildman–Crippen LogP) is 3.11. The normalized spacial score (nSPS) is 21.2. The number of carboxylic acid groups (broad SMARTS) is 2. The number of carboxylic acids is 2. The monoisotopic (exact) mass is 308 g/mol. The van der Waals surface area contributed by atoms with Gasteiger partial charge in [-0.2, -0.15) is 0 Å². The molecular weight excluding hydrogens is 296 g/mol. The fourth-order valence-electron chi connectivity index (χ4n) is 1.93. The van der Waals surface area contributed by atoms with Gasteiger partial charge in [0.15, 0.2) is 0 Å². The van der Waals surface area contributed by atoms with Crippen LogP contribution in [0.1, 0.15) is 13.3 Å². The van der Waals surface area contributed by atoms with Crippen LogP contribution in [0.5, 0.6) is 5.75 Å². The Balaban J connectivity index is 2.32. The van der Waals surface area contributed by atoms with Crippen molar-refractivity contribution >= 4 is 23.5 Å². The van der Waals surface area contributed by atoms with E-state index in [0.717, 1.165) is 0 Å². The van der Waals surface area contributed by atoms with Crippen molar-refractivity contribution in [2.45, 2.75) is 13.3 Å². The van der Waals surface area contributed by atoms with Crippen LogP contribution in [0, 0.1) is 5.41 Å². The van der Waals surface area contributed by atoms with Crippen molar-refractivity contribution in [3.8, 4) is 5.75 Å². The summed E-state index contributed by atoms with van der Waals surface area (Å²) in [6.07, 6.45) is 2.68. The first kappa shape index (κ1) is 15.1. The molecule has 0 fully saturated rings. The van der Waals surface area contributed by atoms with E-state index in [0.29, 0.717) is 10.8 Å². The predicted molar refractivity (Wildman–Crippen MR) is 76.2 cm³/mol. The maximum atomic E-state index is 11.3. The smallest absolute Gasteiger partial charge is 0.335 e. The highest BCUT2D eigenvalue weighted by Gasteiger charge is 2.37. The molecule has 0 radical (unpaired) electrons. The second-order valence-corrected chi connectivity index (χ2v) is 5.37. The first-order chi connectivity index (χ1) is 9.82. The van der Waals surface area contributed by atoms with E-state index < -0.39 is 17.4 Å². The van der Waals surface area contributed by atoms with Gasteiger partial charge < -0.3 is 14.9 Å². The van der Waals surface area contributed by atoms with E-state index in [4.69, 9.17) is 16.3 Å². The minimum absolute atomic E-state index is 0.0719. The van der Waals surface area contributed by atoms with Gasteiger partial charge in [0.05, 0.1) is 11.0 Å². The quantitative estimate of drug-likeness (QED) is 0.893. The standard InChI is InChI=1S/C15H13ClO5/c1-15(14(19)20)7-6-12(11(8-15)13(17)18)21-10-4-2-9(16)3-5-10/h2-7H,8H2,1H3,(H,17,18)(H,19,20). The highest BCUT2D eigenvalue weighted by Crippen LogP contribution is 2.35. The Hall–Kier alpha value is -2.27. The highest BCUT2D eigenvalue weighted by atomic mass is 35.5. The first-order valence-corrected chi connectivity index (χ1v) is 6.52. The molecule has 0 amide bonds. The van der Waals surface area contributed by atoms with E-state index in [2.05, 4.69) is 0 Å². The molecule has 110 valence electrons. The number of hydrogen-bond donors (Lipinski definition) is 2. The molecule has 2 rings (SSSR count). The molecule has 0 heterocycles. The zero-order chi connectivity index (χ0) is 15.6. The number of hydrogen-bond acceptors (Lipinski definition) is 3. The van der Waals surface area contributed by atoms with Crippen LogP contribution in [-0.2, 0) is 9.59 Å². The maximum Gasteiger partial charge on any atom is 0.335 e. The molecule has 2 N–H and O–H groups in total. The Bertz CT molecular complexity index is 645. The van der Waals surface area contributed by atoms with Crippen LogP contribution in [0.15, 0.2) is 47.7 Å². The lowest BCUT2D eigenvalue weighted by Crippen LogP contribution is -2.30. The fraction of sp³-hybridized carbons (Fsp3) is 0.200. The summed E-state index contributed by atoms with van der Waals surface area (Å²) in [6.45, 7) is 1.47. The Morgan fingerprint density at radius 1 is 1.24 bits per heavy atom. The van der Waals surface area contributed by atoms with Crippen molar-refractivity contribution in [3.63, 3.8) is 0 Å². The average Bonchev–Trinajstić information content (AvgIpc) is 2.43. The number of halogens is 1. The van der Waals surface area contributed by atoms with E-state index in [1.807, 2.05) is 0 Å². The number of carbonyl (C=O) groups is 2. The van der Waals surface area contributed by atoms with E-state index in [-0.39, 0.29) is 17.8 Å². The fourth-order valence-corrected chi connectivity index (χ4v) is 2.05. The van der Waals surface area contributed by atoms with Crippen molar-refractivity contribution in [2.24, 2.45) is 5.41 Å². The number of allylic oxidation sites excluding steroid dienone is 1. The molecular formula is C15H13ClO5. The maximum absolute atomic E-state index is 11.3. The third kappa shape index (κ3) is 3.25. The minimum Gasteiger partial charge on any atom is -0.481 e. The third-order valence-electron chi connectivity index (χ3n) is 3.23. The summed E-state index contributed by atoms with van der Waals surface area (Å²) in [7, 11) is 0. The lowest BCUT2D eigenvalue weighted by atomic mass is 9.79. The Labute approximate surface area is 126 Å². The molecule has 6 heteroatoms. The van der Waals surface area contributed by atoms with Gasteiger partial charge in [0.1, 0.15) is 11.5 Å². The summed E-state index contributed by atoms with van der Waals surface area (Å²) in [5.41, 5.74) is -1.32. The molecule has 0 saturated heterocycles. The number of ether oxygens (including phenoxy) is 1. The molecule has 1 atom stereocenters. The molecule has 21 heavy (non-hydrogen) atoms. The molecule has 1 aromatic carbocycles. The molecule has 1 aliphatic carbocycles. The molecule has 0 spiro atoms. The van der Waals surface area contributed by atoms with Gasteiger partial charge in [-0.15, -0.1) is 0 Å². The van der Waals surface area contributed by atoms with E-state index in [1.54, 1.807) is 24.3 Å². The number of benzene rings is 1. The summed E-state index contributed by atoms with van der Waals surface area (Å²) in [5.74, 6) is -1.72. The van der Waals surface area contributed by atoms with Crippen LogP contribution in [0.4, 0.5) is 0 Å². The first-order valence-electron chi connectivity index (χ1n) is 6.14. The van der Waals surface area contributed by atoms with Gasteiger partial charge in [-0.05, 0) is 37.3 Å². The summed E-state index contributed by atoms with van der Waals surface area (Å²) < 4.78 is 5.52. The van der Waals surface area contributed by atoms with Crippen LogP contribution >= 0.6 is 11.6 Å². The summed E-state index contributed by atoms with van der Waals surface area (Å²) in [4.78, 5) is 22.6. The molecule has 5 nitrogen and oxygen atoms in total. The van der Waals surface area contributed by atoms with Crippen molar-refractivity contribution < 1.29 is 24.5 Å². The third-order valence-corrected chi connectivity index (χ3v) is 3.48. The van der Waals surface area contributed by atoms with Crippen molar-refractivity contribution in [1.82, 2.24) is 0 Å². The van der Waals surface area contributed by atoms with Crippen LogP contribution in [0.2, 0.25) is 5.02 Å². The second kappa shape index (κ2) is 5.61. The summed E-state index contributed by atoms with van der Waals surface area (Å²) in [6, 6.07) is 6.44. The summed E-state index contributed by atoms with van der Waals surface area (Å²) in [5, 5.41) is 19.0. The molecule has 1 aromatic rings. The zero-order valence-electron chi connectivity index (χ0n) is 11.2. The molecule has 1 unspecified atom stereocenters. The van der Waals surface area contributed by atoms with Gasteiger partial charge in [-0.3, -0.25) is 4.79 Å². The average molecular weight is 309 g/mol. The van der Waals surface area contributed by atoms with Crippen LogP contribution in [0.25, 0.3) is 0 Å². The summed E-state index contributed by atoms with van der Waals surface area (Å²) >= 11 is 5.76. The second-order valence-electron chi connectivity index (χ2n) is 4.94. The molecule has 1 aliphatic rings. The Morgan fingerprint density at radius 2 is 1.86 bits per heavy atom. The van der Waals surface area contributed by atoms with Gasteiger partial charge in [0.2, 0.25) is 0 Å². The number of rotatable bonds is 4. The molecule has 0 aliphatic heterocycles. The van der Waals surface area contributed by atoms with E-state index >= 15 is 0 Å². The van der Waals surface area contributed by atoms with E-state index in [9.17, 15) is 19.8 Å². The van der Waals surface area contributed by atoms with Gasteiger partial charge >= 0.3 is 11.9 Å². The van der Waals surface area contributed by atoms with Gasteiger partial charge in [-0.25, -0.2) is 4.79 Å². The van der Waals surface area contributed by atoms with E-state index in [1.165, 1.54) is 19.1 Å². The Morgan fingerprint density at radius 3 is 2.38 bits per heavy atom. The molecule has 0 saturated carbocycles. The Kier molecular flexibility index (Phi) is 4.04. The highest BCUT2D eigenvalue weighted by molar-refractivity contribution is 6.30. The molecule has 0 bridgehead atoms. The van der Waals surface area contributed by atoms with Crippen molar-refractivity contribution in [3.05, 3.63) is 52.8 Å². The largest absolute Gasteiger partial charge is 0.481 e. The molecule has 0 aromatic heterocycles. The van der Waals surface area contributed by atoms with Crippen LogP contribution in [0.3, 0.4) is 0 Å². The minimum atomic E-state index is -1.25. The van der Waals surface area contributed by atoms with Crippen LogP contribution in [-0.4, -0.2) is 22.2 Å². The van der Waals surface area contributed by atoms with Gasteiger partial charge in [-0.1, -0.05) is 17.7 Å². The number of aliphatic carboxylic acids is 2.